The standard InChI is InChI=1S/C20H14N6O4/c1-2-11-29-20(28)16-8-4-6-10-18(16)26-12-14(22-25-26)13-30-19(27)15-7-3-5-9-17(15)23-24-21/h1,3-10,12H,11,13H2. The van der Waals surface area contributed by atoms with E-state index in [1.54, 1.807) is 36.4 Å². The zero-order valence-corrected chi connectivity index (χ0v) is 15.5. The summed E-state index contributed by atoms with van der Waals surface area (Å²) in [7, 11) is 0. The normalized spacial score (nSPS) is 9.83. The first-order valence-corrected chi connectivity index (χ1v) is 8.56. The van der Waals surface area contributed by atoms with Crippen LogP contribution in [0.25, 0.3) is 16.1 Å². The smallest absolute Gasteiger partial charge is 0.341 e. The number of para-hydroxylation sites is 1. The fraction of sp³-hybridized carbons (Fsp3) is 0.100. The van der Waals surface area contributed by atoms with Gasteiger partial charge in [-0.2, -0.15) is 0 Å². The highest BCUT2D eigenvalue weighted by Gasteiger charge is 2.16. The van der Waals surface area contributed by atoms with Gasteiger partial charge in [-0.25, -0.2) is 14.3 Å². The van der Waals surface area contributed by atoms with Crippen LogP contribution in [0, 0.1) is 12.3 Å². The molecule has 2 aromatic carbocycles. The van der Waals surface area contributed by atoms with Crippen LogP contribution >= 0.6 is 0 Å². The minimum absolute atomic E-state index is 0.129. The third kappa shape index (κ3) is 4.62. The molecule has 1 aromatic heterocycles. The Balaban J connectivity index is 1.74. The predicted molar refractivity (Wildman–Crippen MR) is 105 cm³/mol. The second-order valence-corrected chi connectivity index (χ2v) is 5.73. The van der Waals surface area contributed by atoms with Crippen LogP contribution < -0.4 is 0 Å². The first-order chi connectivity index (χ1) is 14.6. The number of carbonyl (C=O) groups is 2. The number of rotatable bonds is 7. The Labute approximate surface area is 170 Å². The molecule has 0 aliphatic heterocycles. The number of ether oxygens (including phenoxy) is 2. The van der Waals surface area contributed by atoms with Gasteiger partial charge in [0.05, 0.1) is 28.7 Å². The van der Waals surface area contributed by atoms with E-state index in [1.165, 1.54) is 23.0 Å². The summed E-state index contributed by atoms with van der Waals surface area (Å²) < 4.78 is 11.6. The number of hydrogen-bond acceptors (Lipinski definition) is 7. The summed E-state index contributed by atoms with van der Waals surface area (Å²) in [6.45, 7) is -0.323. The molecule has 0 saturated carbocycles. The maximum absolute atomic E-state index is 12.3. The molecule has 0 atom stereocenters. The maximum Gasteiger partial charge on any atom is 0.341 e. The highest BCUT2D eigenvalue weighted by molar-refractivity contribution is 5.95. The van der Waals surface area contributed by atoms with Gasteiger partial charge >= 0.3 is 11.9 Å². The molecule has 1 heterocycles. The topological polar surface area (TPSA) is 132 Å². The predicted octanol–water partition coefficient (Wildman–Crippen LogP) is 3.36. The number of nitrogens with zero attached hydrogens (tertiary/aromatic N) is 6. The van der Waals surface area contributed by atoms with Crippen molar-refractivity contribution in [2.45, 2.75) is 6.61 Å². The second kappa shape index (κ2) is 9.54. The first-order valence-electron chi connectivity index (χ1n) is 8.56. The van der Waals surface area contributed by atoms with Gasteiger partial charge in [-0.1, -0.05) is 46.6 Å². The first kappa shape index (κ1) is 20.1. The molecule has 0 spiro atoms. The number of carbonyl (C=O) groups excluding carboxylic acids is 2. The van der Waals surface area contributed by atoms with Crippen molar-refractivity contribution in [2.75, 3.05) is 6.61 Å². The van der Waals surface area contributed by atoms with Crippen molar-refractivity contribution in [1.82, 2.24) is 15.0 Å². The number of esters is 2. The molecule has 0 bridgehead atoms. The molecule has 0 unspecified atom stereocenters. The Morgan fingerprint density at radius 1 is 1.10 bits per heavy atom. The molecular weight excluding hydrogens is 388 g/mol. The summed E-state index contributed by atoms with van der Waals surface area (Å²) in [6.07, 6.45) is 6.63. The molecule has 0 aliphatic carbocycles. The Kier molecular flexibility index (Phi) is 6.41. The monoisotopic (exact) mass is 402 g/mol. The number of terminal acetylenes is 1. The highest BCUT2D eigenvalue weighted by Crippen LogP contribution is 2.20. The average molecular weight is 402 g/mol. The van der Waals surface area contributed by atoms with Gasteiger partial charge in [-0.15, -0.1) is 11.5 Å². The van der Waals surface area contributed by atoms with E-state index in [0.717, 1.165) is 0 Å². The number of benzene rings is 2. The summed E-state index contributed by atoms with van der Waals surface area (Å²) in [5.41, 5.74) is 9.91. The van der Waals surface area contributed by atoms with Crippen LogP contribution in [0.5, 0.6) is 0 Å². The Morgan fingerprint density at radius 2 is 1.80 bits per heavy atom. The minimum atomic E-state index is -0.675. The molecule has 30 heavy (non-hydrogen) atoms. The summed E-state index contributed by atoms with van der Waals surface area (Å²) in [5.74, 6) is 0.961. The van der Waals surface area contributed by atoms with Crippen molar-refractivity contribution in [3.05, 3.63) is 82.0 Å². The van der Waals surface area contributed by atoms with Crippen LogP contribution in [0.3, 0.4) is 0 Å². The lowest BCUT2D eigenvalue weighted by Crippen LogP contribution is -2.10. The van der Waals surface area contributed by atoms with E-state index in [9.17, 15) is 9.59 Å². The quantitative estimate of drug-likeness (QED) is 0.196. The minimum Gasteiger partial charge on any atom is -0.455 e. The van der Waals surface area contributed by atoms with Crippen molar-refractivity contribution in [3.8, 4) is 18.0 Å². The zero-order chi connectivity index (χ0) is 21.3. The van der Waals surface area contributed by atoms with Crippen molar-refractivity contribution in [3.63, 3.8) is 0 Å². The zero-order valence-electron chi connectivity index (χ0n) is 15.5. The molecule has 0 fully saturated rings. The summed E-state index contributed by atoms with van der Waals surface area (Å²) >= 11 is 0. The molecular formula is C20H14N6O4. The van der Waals surface area contributed by atoms with E-state index < -0.39 is 11.9 Å². The number of aromatic nitrogens is 3. The van der Waals surface area contributed by atoms with Crippen LogP contribution in [0.4, 0.5) is 5.69 Å². The van der Waals surface area contributed by atoms with E-state index in [0.29, 0.717) is 11.4 Å². The fourth-order valence-corrected chi connectivity index (χ4v) is 2.51. The lowest BCUT2D eigenvalue weighted by Gasteiger charge is -2.07. The van der Waals surface area contributed by atoms with Gasteiger partial charge in [0.15, 0.2) is 6.61 Å². The van der Waals surface area contributed by atoms with Crippen molar-refractivity contribution < 1.29 is 19.1 Å². The van der Waals surface area contributed by atoms with E-state index in [-0.39, 0.29) is 30.0 Å². The molecule has 3 aromatic rings. The molecule has 148 valence electrons. The molecule has 10 nitrogen and oxygen atoms in total. The molecule has 0 N–H and O–H groups in total. The number of azide groups is 1. The van der Waals surface area contributed by atoms with Gasteiger partial charge < -0.3 is 9.47 Å². The van der Waals surface area contributed by atoms with Gasteiger partial charge in [-0.05, 0) is 23.7 Å². The molecule has 10 heteroatoms. The highest BCUT2D eigenvalue weighted by atomic mass is 16.5. The molecule has 0 aliphatic rings. The van der Waals surface area contributed by atoms with E-state index in [1.807, 2.05) is 0 Å². The van der Waals surface area contributed by atoms with Crippen molar-refractivity contribution in [2.24, 2.45) is 5.11 Å². The summed E-state index contributed by atoms with van der Waals surface area (Å²) in [5, 5.41) is 11.4. The van der Waals surface area contributed by atoms with Crippen LogP contribution in [-0.2, 0) is 16.1 Å². The third-order valence-electron chi connectivity index (χ3n) is 3.83. The van der Waals surface area contributed by atoms with Crippen LogP contribution in [0.15, 0.2) is 59.8 Å². The average Bonchev–Trinajstić information content (AvgIpc) is 3.25. The van der Waals surface area contributed by atoms with Gasteiger partial charge in [0.1, 0.15) is 12.3 Å². The Morgan fingerprint density at radius 3 is 2.57 bits per heavy atom. The molecule has 3 rings (SSSR count). The Hall–Kier alpha value is -4.61. The number of hydrogen-bond donors (Lipinski definition) is 0. The SMILES string of the molecule is C#CCOC(=O)c1ccccc1-n1cc(COC(=O)c2ccccc2N=[N+]=[N-])nn1. The molecule has 0 saturated heterocycles. The third-order valence-corrected chi connectivity index (χ3v) is 3.83. The van der Waals surface area contributed by atoms with E-state index >= 15 is 0 Å². The summed E-state index contributed by atoms with van der Waals surface area (Å²) in [4.78, 5) is 27.2. The van der Waals surface area contributed by atoms with Crippen molar-refractivity contribution in [1.29, 1.82) is 0 Å². The van der Waals surface area contributed by atoms with Crippen molar-refractivity contribution >= 4 is 17.6 Å². The van der Waals surface area contributed by atoms with Gasteiger partial charge in [0.25, 0.3) is 0 Å². The largest absolute Gasteiger partial charge is 0.455 e. The van der Waals surface area contributed by atoms with E-state index in [2.05, 4.69) is 26.3 Å². The lowest BCUT2D eigenvalue weighted by atomic mass is 10.2. The van der Waals surface area contributed by atoms with Gasteiger partial charge in [0, 0.05) is 4.91 Å². The van der Waals surface area contributed by atoms with Crippen LogP contribution in [-0.4, -0.2) is 33.5 Å². The van der Waals surface area contributed by atoms with Gasteiger partial charge in [0.2, 0.25) is 0 Å². The Bertz CT molecular complexity index is 1170. The van der Waals surface area contributed by atoms with Crippen LogP contribution in [0.1, 0.15) is 26.4 Å². The second-order valence-electron chi connectivity index (χ2n) is 5.73. The summed E-state index contributed by atoms with van der Waals surface area (Å²) in [6, 6.07) is 12.9. The maximum atomic E-state index is 12.3. The molecule has 0 radical (unpaired) electrons. The fourth-order valence-electron chi connectivity index (χ4n) is 2.51. The van der Waals surface area contributed by atoms with Crippen LogP contribution in [0.2, 0.25) is 0 Å². The molecule has 0 amide bonds. The van der Waals surface area contributed by atoms with Gasteiger partial charge in [-0.3, -0.25) is 0 Å². The van der Waals surface area contributed by atoms with E-state index in [4.69, 9.17) is 21.4 Å². The lowest BCUT2D eigenvalue weighted by molar-refractivity contribution is 0.0468.